The molecule has 138 valence electrons. The van der Waals surface area contributed by atoms with E-state index in [4.69, 9.17) is 9.84 Å². The van der Waals surface area contributed by atoms with Gasteiger partial charge in [-0.2, -0.15) is 13.2 Å². The van der Waals surface area contributed by atoms with Crippen molar-refractivity contribution >= 4 is 11.9 Å². The fourth-order valence-corrected chi connectivity index (χ4v) is 2.66. The van der Waals surface area contributed by atoms with Gasteiger partial charge in [-0.1, -0.05) is 6.07 Å². The van der Waals surface area contributed by atoms with Crippen LogP contribution in [-0.2, 0) is 15.8 Å². The molecule has 1 aromatic carbocycles. The molecule has 6 nitrogen and oxygen atoms in total. The second kappa shape index (κ2) is 8.19. The molecule has 1 saturated heterocycles. The molecule has 1 aliphatic rings. The minimum Gasteiger partial charge on any atom is -0.492 e. The number of carboxylic acid groups (broad SMARTS) is 1. The van der Waals surface area contributed by atoms with Crippen LogP contribution in [0.2, 0.25) is 0 Å². The van der Waals surface area contributed by atoms with Crippen molar-refractivity contribution in [3.8, 4) is 5.75 Å². The van der Waals surface area contributed by atoms with Gasteiger partial charge in [-0.15, -0.1) is 0 Å². The Kier molecular flexibility index (Phi) is 6.24. The summed E-state index contributed by atoms with van der Waals surface area (Å²) in [5, 5.41) is 11.6. The van der Waals surface area contributed by atoms with E-state index in [-0.39, 0.29) is 31.4 Å². The minimum atomic E-state index is -4.44. The number of nitrogens with one attached hydrogen (secondary N) is 1. The first-order chi connectivity index (χ1) is 11.8. The van der Waals surface area contributed by atoms with E-state index in [1.54, 1.807) is 4.90 Å². The van der Waals surface area contributed by atoms with Gasteiger partial charge >= 0.3 is 12.1 Å². The van der Waals surface area contributed by atoms with E-state index in [0.29, 0.717) is 13.0 Å². The molecule has 2 rings (SSSR count). The number of benzene rings is 1. The number of aliphatic carboxylic acids is 1. The SMILES string of the molecule is O=C(CN1CCC[C@@H]1C(=O)O)NCCOc1cccc(C(F)(F)F)c1. The van der Waals surface area contributed by atoms with Crippen molar-refractivity contribution in [2.75, 3.05) is 26.2 Å². The Bertz CT molecular complexity index is 622. The lowest BCUT2D eigenvalue weighted by atomic mass is 10.2. The molecule has 25 heavy (non-hydrogen) atoms. The molecule has 1 aliphatic heterocycles. The molecular weight excluding hydrogens is 341 g/mol. The van der Waals surface area contributed by atoms with E-state index in [1.807, 2.05) is 0 Å². The summed E-state index contributed by atoms with van der Waals surface area (Å²) in [5.74, 6) is -1.23. The van der Waals surface area contributed by atoms with Crippen LogP contribution in [0.4, 0.5) is 13.2 Å². The van der Waals surface area contributed by atoms with Crippen LogP contribution >= 0.6 is 0 Å². The van der Waals surface area contributed by atoms with Crippen LogP contribution < -0.4 is 10.1 Å². The zero-order chi connectivity index (χ0) is 18.4. The predicted molar refractivity (Wildman–Crippen MR) is 82.2 cm³/mol. The normalized spacial score (nSPS) is 18.1. The summed E-state index contributed by atoms with van der Waals surface area (Å²) in [6.07, 6.45) is -3.20. The molecule has 0 bridgehead atoms. The number of carboxylic acids is 1. The van der Waals surface area contributed by atoms with Gasteiger partial charge in [0.15, 0.2) is 0 Å². The Labute approximate surface area is 142 Å². The first-order valence-electron chi connectivity index (χ1n) is 7.81. The number of carbonyl (C=O) groups excluding carboxylic acids is 1. The van der Waals surface area contributed by atoms with E-state index < -0.39 is 23.8 Å². The second-order valence-corrected chi connectivity index (χ2v) is 5.69. The summed E-state index contributed by atoms with van der Waals surface area (Å²) >= 11 is 0. The van der Waals surface area contributed by atoms with Gasteiger partial charge in [0.25, 0.3) is 0 Å². The average Bonchev–Trinajstić information content (AvgIpc) is 2.99. The van der Waals surface area contributed by atoms with Crippen molar-refractivity contribution in [1.29, 1.82) is 0 Å². The molecule has 1 aromatic rings. The smallest absolute Gasteiger partial charge is 0.416 e. The van der Waals surface area contributed by atoms with Gasteiger partial charge in [0, 0.05) is 0 Å². The summed E-state index contributed by atoms with van der Waals surface area (Å²) in [6, 6.07) is 3.84. The third-order valence-electron chi connectivity index (χ3n) is 3.85. The zero-order valence-corrected chi connectivity index (χ0v) is 13.4. The molecule has 9 heteroatoms. The number of rotatable bonds is 7. The van der Waals surface area contributed by atoms with E-state index in [2.05, 4.69) is 5.32 Å². The van der Waals surface area contributed by atoms with Crippen LogP contribution in [-0.4, -0.2) is 54.2 Å². The van der Waals surface area contributed by atoms with Crippen LogP contribution in [0.15, 0.2) is 24.3 Å². The number of ether oxygens (including phenoxy) is 1. The molecule has 0 aliphatic carbocycles. The van der Waals surface area contributed by atoms with Crippen LogP contribution in [0, 0.1) is 0 Å². The summed E-state index contributed by atoms with van der Waals surface area (Å²) < 4.78 is 43.0. The van der Waals surface area contributed by atoms with E-state index in [9.17, 15) is 22.8 Å². The minimum absolute atomic E-state index is 0.00933. The molecule has 0 spiro atoms. The van der Waals surface area contributed by atoms with Gasteiger partial charge in [0.2, 0.25) is 5.91 Å². The van der Waals surface area contributed by atoms with Gasteiger partial charge in [0.05, 0.1) is 18.7 Å². The lowest BCUT2D eigenvalue weighted by Crippen LogP contribution is -2.43. The van der Waals surface area contributed by atoms with Crippen LogP contribution in [0.1, 0.15) is 18.4 Å². The van der Waals surface area contributed by atoms with Gasteiger partial charge in [0.1, 0.15) is 18.4 Å². The number of carbonyl (C=O) groups is 2. The maximum absolute atomic E-state index is 12.6. The number of nitrogens with zero attached hydrogens (tertiary/aromatic N) is 1. The monoisotopic (exact) mass is 360 g/mol. The van der Waals surface area contributed by atoms with Crippen molar-refractivity contribution in [3.63, 3.8) is 0 Å². The summed E-state index contributed by atoms with van der Waals surface area (Å²) in [7, 11) is 0. The molecule has 1 amide bonds. The molecule has 0 radical (unpaired) electrons. The average molecular weight is 360 g/mol. The molecule has 1 heterocycles. The quantitative estimate of drug-likeness (QED) is 0.725. The highest BCUT2D eigenvalue weighted by Crippen LogP contribution is 2.31. The third kappa shape index (κ3) is 5.63. The van der Waals surface area contributed by atoms with Crippen molar-refractivity contribution in [2.45, 2.75) is 25.1 Å². The van der Waals surface area contributed by atoms with E-state index in [0.717, 1.165) is 18.6 Å². The van der Waals surface area contributed by atoms with Crippen LogP contribution in [0.5, 0.6) is 5.75 Å². The van der Waals surface area contributed by atoms with Gasteiger partial charge in [-0.05, 0) is 37.6 Å². The van der Waals surface area contributed by atoms with Gasteiger partial charge in [-0.25, -0.2) is 0 Å². The standard InChI is InChI=1S/C16H19F3N2O4/c17-16(18,19)11-3-1-4-12(9-11)25-8-6-20-14(22)10-21-7-2-5-13(21)15(23)24/h1,3-4,9,13H,2,5-8,10H2,(H,20,22)(H,23,24)/t13-/m1/s1. The summed E-state index contributed by atoms with van der Waals surface area (Å²) in [5.41, 5.74) is -0.803. The Morgan fingerprint density at radius 2 is 2.12 bits per heavy atom. The molecule has 1 fully saturated rings. The van der Waals surface area contributed by atoms with Crippen LogP contribution in [0.25, 0.3) is 0 Å². The number of halogens is 3. The number of alkyl halides is 3. The largest absolute Gasteiger partial charge is 0.492 e. The first kappa shape index (κ1) is 19.0. The Hall–Kier alpha value is -2.29. The number of likely N-dealkylation sites (tertiary alicyclic amines) is 1. The van der Waals surface area contributed by atoms with Gasteiger partial charge < -0.3 is 15.2 Å². The highest BCUT2D eigenvalue weighted by molar-refractivity contribution is 5.80. The van der Waals surface area contributed by atoms with Gasteiger partial charge in [-0.3, -0.25) is 14.5 Å². The van der Waals surface area contributed by atoms with Crippen molar-refractivity contribution in [1.82, 2.24) is 10.2 Å². The summed E-state index contributed by atoms with van der Waals surface area (Å²) in [6.45, 7) is 0.641. The fourth-order valence-electron chi connectivity index (χ4n) is 2.66. The van der Waals surface area contributed by atoms with E-state index >= 15 is 0 Å². The number of amides is 1. The van der Waals surface area contributed by atoms with Crippen molar-refractivity contribution < 1.29 is 32.6 Å². The Balaban J connectivity index is 1.72. The predicted octanol–water partition coefficient (Wildman–Crippen LogP) is 1.75. The summed E-state index contributed by atoms with van der Waals surface area (Å²) in [4.78, 5) is 24.4. The molecule has 0 aromatic heterocycles. The van der Waals surface area contributed by atoms with E-state index in [1.165, 1.54) is 12.1 Å². The number of hydrogen-bond acceptors (Lipinski definition) is 4. The molecular formula is C16H19F3N2O4. The van der Waals surface area contributed by atoms with Crippen molar-refractivity contribution in [2.24, 2.45) is 0 Å². The number of hydrogen-bond donors (Lipinski definition) is 2. The third-order valence-corrected chi connectivity index (χ3v) is 3.85. The van der Waals surface area contributed by atoms with Crippen LogP contribution in [0.3, 0.4) is 0 Å². The topological polar surface area (TPSA) is 78.9 Å². The molecule has 1 atom stereocenters. The maximum atomic E-state index is 12.6. The molecule has 2 N–H and O–H groups in total. The second-order valence-electron chi connectivity index (χ2n) is 5.69. The zero-order valence-electron chi connectivity index (χ0n) is 13.4. The molecule has 0 saturated carbocycles. The Morgan fingerprint density at radius 3 is 2.80 bits per heavy atom. The maximum Gasteiger partial charge on any atom is 0.416 e. The highest BCUT2D eigenvalue weighted by Gasteiger charge is 2.32. The lowest BCUT2D eigenvalue weighted by molar-refractivity contribution is -0.142. The first-order valence-corrected chi connectivity index (χ1v) is 7.81. The highest BCUT2D eigenvalue weighted by atomic mass is 19.4. The lowest BCUT2D eigenvalue weighted by Gasteiger charge is -2.20. The fraction of sp³-hybridized carbons (Fsp3) is 0.500. The Morgan fingerprint density at radius 1 is 1.36 bits per heavy atom. The van der Waals surface area contributed by atoms with Crippen molar-refractivity contribution in [3.05, 3.63) is 29.8 Å². The molecule has 0 unspecified atom stereocenters.